The van der Waals surface area contributed by atoms with Crippen molar-refractivity contribution in [2.75, 3.05) is 13.2 Å². The van der Waals surface area contributed by atoms with Crippen molar-refractivity contribution in [3.63, 3.8) is 0 Å². The number of ether oxygens (including phenoxy) is 1. The van der Waals surface area contributed by atoms with Gasteiger partial charge in [0.2, 0.25) is 5.91 Å². The molecule has 1 fully saturated rings. The Labute approximate surface area is 101 Å². The zero-order valence-corrected chi connectivity index (χ0v) is 9.63. The minimum atomic E-state index is -0.129. The van der Waals surface area contributed by atoms with Gasteiger partial charge in [0.05, 0.1) is 31.8 Å². The normalized spacial score (nSPS) is 23.7. The molecule has 1 aromatic carbocycles. The third kappa shape index (κ3) is 3.28. The van der Waals surface area contributed by atoms with Crippen LogP contribution in [0.15, 0.2) is 30.3 Å². The van der Waals surface area contributed by atoms with Crippen LogP contribution in [0.4, 0.5) is 0 Å². The molecule has 0 radical (unpaired) electrons. The Hall–Kier alpha value is -1.39. The van der Waals surface area contributed by atoms with E-state index in [0.29, 0.717) is 19.6 Å². The second kappa shape index (κ2) is 5.80. The van der Waals surface area contributed by atoms with Gasteiger partial charge in [-0.15, -0.1) is 0 Å². The largest absolute Gasteiger partial charge is 0.394 e. The Balaban J connectivity index is 1.74. The first-order chi connectivity index (χ1) is 8.29. The van der Waals surface area contributed by atoms with E-state index in [0.717, 1.165) is 5.56 Å². The van der Waals surface area contributed by atoms with E-state index >= 15 is 0 Å². The van der Waals surface area contributed by atoms with Gasteiger partial charge < -0.3 is 15.2 Å². The first-order valence-corrected chi connectivity index (χ1v) is 5.82. The van der Waals surface area contributed by atoms with Crippen molar-refractivity contribution in [3.8, 4) is 0 Å². The zero-order valence-electron chi connectivity index (χ0n) is 9.63. The Kier molecular flexibility index (Phi) is 4.12. The standard InChI is InChI=1S/C13H17NO3/c15-7-12-6-11(13(16)14-12)9-17-8-10-4-2-1-3-5-10/h1-5,11-12,15H,6-9H2,(H,14,16)/t11?,12-/m0/s1. The van der Waals surface area contributed by atoms with E-state index in [2.05, 4.69) is 5.32 Å². The SMILES string of the molecule is O=C1N[C@H](CO)CC1COCc1ccccc1. The quantitative estimate of drug-likeness (QED) is 0.790. The number of amides is 1. The summed E-state index contributed by atoms with van der Waals surface area (Å²) in [6.07, 6.45) is 0.657. The van der Waals surface area contributed by atoms with E-state index in [-0.39, 0.29) is 24.5 Å². The van der Waals surface area contributed by atoms with Crippen LogP contribution in [0.1, 0.15) is 12.0 Å². The molecule has 17 heavy (non-hydrogen) atoms. The average molecular weight is 235 g/mol. The molecule has 2 rings (SSSR count). The van der Waals surface area contributed by atoms with Crippen molar-refractivity contribution < 1.29 is 14.6 Å². The summed E-state index contributed by atoms with van der Waals surface area (Å²) in [6, 6.07) is 9.76. The molecule has 2 N–H and O–H groups in total. The Bertz CT molecular complexity index is 366. The fraction of sp³-hybridized carbons (Fsp3) is 0.462. The molecule has 1 unspecified atom stereocenters. The van der Waals surface area contributed by atoms with Crippen LogP contribution in [0.2, 0.25) is 0 Å². The lowest BCUT2D eigenvalue weighted by Gasteiger charge is -2.08. The number of aliphatic hydroxyl groups excluding tert-OH is 1. The monoisotopic (exact) mass is 235 g/mol. The summed E-state index contributed by atoms with van der Waals surface area (Å²) in [7, 11) is 0. The molecule has 1 saturated heterocycles. The van der Waals surface area contributed by atoms with Crippen molar-refractivity contribution >= 4 is 5.91 Å². The maximum absolute atomic E-state index is 11.5. The van der Waals surface area contributed by atoms with E-state index in [4.69, 9.17) is 9.84 Å². The Morgan fingerprint density at radius 3 is 2.76 bits per heavy atom. The number of hydrogen-bond acceptors (Lipinski definition) is 3. The summed E-state index contributed by atoms with van der Waals surface area (Å²) in [6.45, 7) is 0.937. The second-order valence-corrected chi connectivity index (χ2v) is 4.32. The van der Waals surface area contributed by atoms with E-state index in [9.17, 15) is 4.79 Å². The summed E-state index contributed by atoms with van der Waals surface area (Å²) in [5.41, 5.74) is 1.10. The molecule has 0 bridgehead atoms. The van der Waals surface area contributed by atoms with Crippen molar-refractivity contribution in [3.05, 3.63) is 35.9 Å². The number of benzene rings is 1. The molecule has 4 nitrogen and oxygen atoms in total. The van der Waals surface area contributed by atoms with Crippen molar-refractivity contribution in [2.24, 2.45) is 5.92 Å². The van der Waals surface area contributed by atoms with Gasteiger partial charge >= 0.3 is 0 Å². The summed E-state index contributed by atoms with van der Waals surface area (Å²) in [5.74, 6) is -0.145. The first-order valence-electron chi connectivity index (χ1n) is 5.82. The van der Waals surface area contributed by atoms with Crippen LogP contribution in [0, 0.1) is 5.92 Å². The number of carbonyl (C=O) groups is 1. The molecule has 1 aliphatic rings. The van der Waals surface area contributed by atoms with Gasteiger partial charge in [0.15, 0.2) is 0 Å². The van der Waals surface area contributed by atoms with Crippen molar-refractivity contribution in [1.29, 1.82) is 0 Å². The number of hydrogen-bond donors (Lipinski definition) is 2. The third-order valence-electron chi connectivity index (χ3n) is 2.94. The molecule has 1 aliphatic heterocycles. The molecule has 0 spiro atoms. The smallest absolute Gasteiger partial charge is 0.225 e. The molecular formula is C13H17NO3. The lowest BCUT2D eigenvalue weighted by molar-refractivity contribution is -0.124. The average Bonchev–Trinajstić information content (AvgIpc) is 2.72. The third-order valence-corrected chi connectivity index (χ3v) is 2.94. The van der Waals surface area contributed by atoms with Crippen LogP contribution in [-0.4, -0.2) is 30.3 Å². The summed E-state index contributed by atoms with van der Waals surface area (Å²) in [4.78, 5) is 11.5. The van der Waals surface area contributed by atoms with Gasteiger partial charge in [-0.3, -0.25) is 4.79 Å². The maximum atomic E-state index is 11.5. The summed E-state index contributed by atoms with van der Waals surface area (Å²) >= 11 is 0. The highest BCUT2D eigenvalue weighted by atomic mass is 16.5. The fourth-order valence-electron chi connectivity index (χ4n) is 1.99. The van der Waals surface area contributed by atoms with E-state index in [1.807, 2.05) is 30.3 Å². The summed E-state index contributed by atoms with van der Waals surface area (Å²) in [5, 5.41) is 11.7. The molecule has 1 aromatic rings. The number of aliphatic hydroxyl groups is 1. The van der Waals surface area contributed by atoms with Crippen LogP contribution in [0.25, 0.3) is 0 Å². The van der Waals surface area contributed by atoms with Gasteiger partial charge in [-0.2, -0.15) is 0 Å². The molecule has 92 valence electrons. The van der Waals surface area contributed by atoms with Crippen molar-refractivity contribution in [1.82, 2.24) is 5.32 Å². The van der Waals surface area contributed by atoms with Gasteiger partial charge in [0.1, 0.15) is 0 Å². The molecular weight excluding hydrogens is 218 g/mol. The van der Waals surface area contributed by atoms with Crippen LogP contribution in [-0.2, 0) is 16.1 Å². The number of rotatable bonds is 5. The summed E-state index contributed by atoms with van der Waals surface area (Å²) < 4.78 is 5.52. The maximum Gasteiger partial charge on any atom is 0.225 e. The van der Waals surface area contributed by atoms with Crippen LogP contribution >= 0.6 is 0 Å². The minimum Gasteiger partial charge on any atom is -0.394 e. The highest BCUT2D eigenvalue weighted by Gasteiger charge is 2.31. The second-order valence-electron chi connectivity index (χ2n) is 4.32. The molecule has 0 aliphatic carbocycles. The lowest BCUT2D eigenvalue weighted by atomic mass is 10.1. The molecule has 1 heterocycles. The molecule has 0 aromatic heterocycles. The zero-order chi connectivity index (χ0) is 12.1. The van der Waals surface area contributed by atoms with E-state index in [1.54, 1.807) is 0 Å². The van der Waals surface area contributed by atoms with Gasteiger partial charge in [-0.05, 0) is 12.0 Å². The van der Waals surface area contributed by atoms with Gasteiger partial charge in [-0.25, -0.2) is 0 Å². The van der Waals surface area contributed by atoms with E-state index in [1.165, 1.54) is 0 Å². The first kappa shape index (κ1) is 12.1. The Morgan fingerprint density at radius 2 is 2.12 bits per heavy atom. The fourth-order valence-corrected chi connectivity index (χ4v) is 1.99. The molecule has 2 atom stereocenters. The van der Waals surface area contributed by atoms with E-state index < -0.39 is 0 Å². The minimum absolute atomic E-state index is 0.000918. The molecule has 4 heteroatoms. The Morgan fingerprint density at radius 1 is 1.35 bits per heavy atom. The molecule has 0 saturated carbocycles. The van der Waals surface area contributed by atoms with Gasteiger partial charge in [-0.1, -0.05) is 30.3 Å². The number of carbonyl (C=O) groups excluding carboxylic acids is 1. The lowest BCUT2D eigenvalue weighted by Crippen LogP contribution is -2.29. The topological polar surface area (TPSA) is 58.6 Å². The van der Waals surface area contributed by atoms with Gasteiger partial charge in [0, 0.05) is 0 Å². The van der Waals surface area contributed by atoms with Crippen LogP contribution in [0.3, 0.4) is 0 Å². The predicted octanol–water partition coefficient (Wildman–Crippen LogP) is 0.700. The van der Waals surface area contributed by atoms with Crippen LogP contribution in [0.5, 0.6) is 0 Å². The van der Waals surface area contributed by atoms with Crippen molar-refractivity contribution in [2.45, 2.75) is 19.1 Å². The predicted molar refractivity (Wildman–Crippen MR) is 63.2 cm³/mol. The molecule has 1 amide bonds. The van der Waals surface area contributed by atoms with Crippen LogP contribution < -0.4 is 5.32 Å². The van der Waals surface area contributed by atoms with Gasteiger partial charge in [0.25, 0.3) is 0 Å². The highest BCUT2D eigenvalue weighted by Crippen LogP contribution is 2.16. The number of nitrogens with one attached hydrogen (secondary N) is 1. The highest BCUT2D eigenvalue weighted by molar-refractivity contribution is 5.81.